The van der Waals surface area contributed by atoms with Crippen LogP contribution in [0.4, 0.5) is 0 Å². The fraction of sp³-hybridized carbons (Fsp3) is 0.333. The maximum absolute atomic E-state index is 12.0. The highest BCUT2D eigenvalue weighted by atomic mass is 35.5. The van der Waals surface area contributed by atoms with E-state index in [4.69, 9.17) is 9.47 Å². The average molecular weight is 392 g/mol. The second-order valence-electron chi connectivity index (χ2n) is 4.72. The Morgan fingerprint density at radius 3 is 2.83 bits per heavy atom. The van der Waals surface area contributed by atoms with Gasteiger partial charge in [0.1, 0.15) is 10.7 Å². The average Bonchev–Trinajstić information content (AvgIpc) is 3.19. The summed E-state index contributed by atoms with van der Waals surface area (Å²) in [6.45, 7) is 4.50. The molecule has 132 valence electrons. The maximum atomic E-state index is 12.0. The van der Waals surface area contributed by atoms with Crippen molar-refractivity contribution in [1.29, 1.82) is 0 Å². The van der Waals surface area contributed by atoms with Crippen LogP contribution in [-0.2, 0) is 0 Å². The van der Waals surface area contributed by atoms with Crippen molar-refractivity contribution < 1.29 is 14.3 Å². The van der Waals surface area contributed by atoms with Gasteiger partial charge in [0, 0.05) is 24.0 Å². The number of halogens is 2. The first-order valence-electron chi connectivity index (χ1n) is 7.12. The van der Waals surface area contributed by atoms with Gasteiger partial charge in [0.15, 0.2) is 11.5 Å². The molecule has 1 aliphatic heterocycles. The van der Waals surface area contributed by atoms with Gasteiger partial charge in [-0.1, -0.05) is 6.92 Å². The number of likely N-dealkylation sites (N-methyl/N-ethyl adjacent to an activating group) is 1. The van der Waals surface area contributed by atoms with Gasteiger partial charge in [-0.25, -0.2) is 4.98 Å². The number of hydrogen-bond donors (Lipinski definition) is 2. The van der Waals surface area contributed by atoms with E-state index in [1.165, 1.54) is 11.3 Å². The quantitative estimate of drug-likeness (QED) is 0.740. The van der Waals surface area contributed by atoms with Crippen molar-refractivity contribution in [2.45, 2.75) is 6.92 Å². The minimum Gasteiger partial charge on any atom is -0.454 e. The van der Waals surface area contributed by atoms with Gasteiger partial charge in [0.25, 0.3) is 5.91 Å². The SMILES string of the molecule is CCNCCNC(=O)c1csc(-c2ccc3c(c2)OCO3)n1.Cl.Cl. The first-order chi connectivity index (χ1) is 10.8. The summed E-state index contributed by atoms with van der Waals surface area (Å²) in [4.78, 5) is 16.4. The minimum atomic E-state index is -0.152. The molecule has 1 aliphatic rings. The second-order valence-corrected chi connectivity index (χ2v) is 5.57. The van der Waals surface area contributed by atoms with Crippen LogP contribution in [0.5, 0.6) is 11.5 Å². The lowest BCUT2D eigenvalue weighted by atomic mass is 10.2. The molecule has 0 spiro atoms. The Labute approximate surface area is 156 Å². The lowest BCUT2D eigenvalue weighted by Gasteiger charge is -2.03. The summed E-state index contributed by atoms with van der Waals surface area (Å²) in [6, 6.07) is 5.66. The van der Waals surface area contributed by atoms with Crippen molar-refractivity contribution in [2.24, 2.45) is 0 Å². The topological polar surface area (TPSA) is 72.5 Å². The molecule has 1 aromatic carbocycles. The molecule has 24 heavy (non-hydrogen) atoms. The van der Waals surface area contributed by atoms with Crippen LogP contribution in [0.2, 0.25) is 0 Å². The normalized spacial score (nSPS) is 11.4. The number of rotatable bonds is 6. The number of amides is 1. The third kappa shape index (κ3) is 4.73. The van der Waals surface area contributed by atoms with Gasteiger partial charge >= 0.3 is 0 Å². The van der Waals surface area contributed by atoms with E-state index in [2.05, 4.69) is 15.6 Å². The number of aromatic nitrogens is 1. The van der Waals surface area contributed by atoms with Gasteiger partial charge in [0.05, 0.1) is 0 Å². The molecule has 0 saturated carbocycles. The van der Waals surface area contributed by atoms with Gasteiger partial charge in [-0.15, -0.1) is 36.2 Å². The van der Waals surface area contributed by atoms with Crippen LogP contribution in [0.1, 0.15) is 17.4 Å². The predicted octanol–water partition coefficient (Wildman–Crippen LogP) is 2.72. The molecular weight excluding hydrogens is 373 g/mol. The smallest absolute Gasteiger partial charge is 0.270 e. The third-order valence-electron chi connectivity index (χ3n) is 3.19. The molecule has 0 fully saturated rings. The Bertz CT molecular complexity index is 682. The van der Waals surface area contributed by atoms with Gasteiger partial charge in [-0.3, -0.25) is 4.79 Å². The molecule has 0 atom stereocenters. The Hall–Kier alpha value is -1.54. The predicted molar refractivity (Wildman–Crippen MR) is 99.0 cm³/mol. The third-order valence-corrected chi connectivity index (χ3v) is 4.09. The van der Waals surface area contributed by atoms with Crippen molar-refractivity contribution in [3.63, 3.8) is 0 Å². The maximum Gasteiger partial charge on any atom is 0.270 e. The zero-order valence-corrected chi connectivity index (χ0v) is 15.5. The first kappa shape index (κ1) is 20.5. The molecule has 1 aromatic heterocycles. The number of ether oxygens (including phenoxy) is 2. The summed E-state index contributed by atoms with van der Waals surface area (Å²) in [6.07, 6.45) is 0. The minimum absolute atomic E-state index is 0. The summed E-state index contributed by atoms with van der Waals surface area (Å²) in [5, 5.41) is 8.54. The van der Waals surface area contributed by atoms with Crippen molar-refractivity contribution in [1.82, 2.24) is 15.6 Å². The molecule has 0 saturated heterocycles. The first-order valence-corrected chi connectivity index (χ1v) is 8.00. The van der Waals surface area contributed by atoms with Crippen LogP contribution >= 0.6 is 36.2 Å². The second kappa shape index (κ2) is 9.68. The van der Waals surface area contributed by atoms with Gasteiger partial charge < -0.3 is 20.1 Å². The standard InChI is InChI=1S/C15H17N3O3S.2ClH/c1-2-16-5-6-17-14(19)11-8-22-15(18-11)10-3-4-12-13(7-10)21-9-20-12;;/h3-4,7-8,16H,2,5-6,9H2,1H3,(H,17,19);2*1H. The molecule has 9 heteroatoms. The van der Waals surface area contributed by atoms with Crippen molar-refractivity contribution in [3.8, 4) is 22.1 Å². The Morgan fingerprint density at radius 2 is 2.04 bits per heavy atom. The zero-order chi connectivity index (χ0) is 15.4. The largest absolute Gasteiger partial charge is 0.454 e. The van der Waals surface area contributed by atoms with E-state index in [9.17, 15) is 4.79 Å². The van der Waals surface area contributed by atoms with Crippen LogP contribution in [0.15, 0.2) is 23.6 Å². The number of carbonyl (C=O) groups is 1. The van der Waals surface area contributed by atoms with E-state index in [0.717, 1.165) is 29.4 Å². The molecule has 3 rings (SSSR count). The van der Waals surface area contributed by atoms with E-state index in [0.29, 0.717) is 18.0 Å². The highest BCUT2D eigenvalue weighted by Gasteiger charge is 2.16. The van der Waals surface area contributed by atoms with Crippen LogP contribution in [0.25, 0.3) is 10.6 Å². The van der Waals surface area contributed by atoms with Gasteiger partial charge in [-0.05, 0) is 24.7 Å². The highest BCUT2D eigenvalue weighted by molar-refractivity contribution is 7.13. The molecule has 0 bridgehead atoms. The molecule has 6 nitrogen and oxygen atoms in total. The molecule has 2 aromatic rings. The fourth-order valence-electron chi connectivity index (χ4n) is 2.07. The molecule has 0 radical (unpaired) electrons. The summed E-state index contributed by atoms with van der Waals surface area (Å²) in [5.41, 5.74) is 1.36. The molecule has 1 amide bonds. The number of hydrogen-bond acceptors (Lipinski definition) is 6. The summed E-state index contributed by atoms with van der Waals surface area (Å²) in [7, 11) is 0. The summed E-state index contributed by atoms with van der Waals surface area (Å²) < 4.78 is 10.6. The number of nitrogens with zero attached hydrogens (tertiary/aromatic N) is 1. The number of carbonyl (C=O) groups excluding carboxylic acids is 1. The van der Waals surface area contributed by atoms with E-state index >= 15 is 0 Å². The van der Waals surface area contributed by atoms with E-state index in [-0.39, 0.29) is 37.5 Å². The summed E-state index contributed by atoms with van der Waals surface area (Å²) >= 11 is 1.44. The van der Waals surface area contributed by atoms with E-state index < -0.39 is 0 Å². The van der Waals surface area contributed by atoms with Crippen molar-refractivity contribution in [2.75, 3.05) is 26.4 Å². The number of benzene rings is 1. The lowest BCUT2D eigenvalue weighted by molar-refractivity contribution is 0.0949. The molecular formula is C15H19Cl2N3O3S. The number of fused-ring (bicyclic) bond motifs is 1. The van der Waals surface area contributed by atoms with Gasteiger partial charge in [0.2, 0.25) is 6.79 Å². The van der Waals surface area contributed by atoms with Crippen LogP contribution in [0.3, 0.4) is 0 Å². The number of thiazole rings is 1. The Morgan fingerprint density at radius 1 is 1.25 bits per heavy atom. The summed E-state index contributed by atoms with van der Waals surface area (Å²) in [5.74, 6) is 1.30. The lowest BCUT2D eigenvalue weighted by Crippen LogP contribution is -2.31. The van der Waals surface area contributed by atoms with Crippen LogP contribution in [0, 0.1) is 0 Å². The van der Waals surface area contributed by atoms with E-state index in [1.54, 1.807) is 5.38 Å². The van der Waals surface area contributed by atoms with Crippen molar-refractivity contribution >= 4 is 42.1 Å². The van der Waals surface area contributed by atoms with Gasteiger partial charge in [-0.2, -0.15) is 0 Å². The molecule has 0 aliphatic carbocycles. The van der Waals surface area contributed by atoms with Crippen molar-refractivity contribution in [3.05, 3.63) is 29.3 Å². The van der Waals surface area contributed by atoms with E-state index in [1.807, 2.05) is 25.1 Å². The Balaban J connectivity index is 0.00000144. The van der Waals surface area contributed by atoms with Crippen LogP contribution in [-0.4, -0.2) is 37.3 Å². The monoisotopic (exact) mass is 391 g/mol. The molecule has 0 unspecified atom stereocenters. The zero-order valence-electron chi connectivity index (χ0n) is 13.0. The molecule has 2 N–H and O–H groups in total. The highest BCUT2D eigenvalue weighted by Crippen LogP contribution is 2.36. The van der Waals surface area contributed by atoms with Crippen LogP contribution < -0.4 is 20.1 Å². The molecule has 2 heterocycles. The Kier molecular flexibility index (Phi) is 8.27. The fourth-order valence-corrected chi connectivity index (χ4v) is 2.87. The number of nitrogens with one attached hydrogen (secondary N) is 2.